The number of hydrogen-bond acceptors (Lipinski definition) is 5. The number of carbonyl (C=O) groups is 1. The second-order valence-corrected chi connectivity index (χ2v) is 5.31. The lowest BCUT2D eigenvalue weighted by molar-refractivity contribution is 0.0951. The fourth-order valence-corrected chi connectivity index (χ4v) is 2.26. The van der Waals surface area contributed by atoms with E-state index in [2.05, 4.69) is 20.6 Å². The van der Waals surface area contributed by atoms with E-state index in [0.717, 1.165) is 17.0 Å². The lowest BCUT2D eigenvalue weighted by Crippen LogP contribution is -2.22. The Morgan fingerprint density at radius 3 is 2.52 bits per heavy atom. The summed E-state index contributed by atoms with van der Waals surface area (Å²) in [6, 6.07) is 16.5. The highest BCUT2D eigenvalue weighted by molar-refractivity contribution is 5.95. The molecule has 0 saturated carbocycles. The van der Waals surface area contributed by atoms with Gasteiger partial charge in [0.2, 0.25) is 5.95 Å². The highest BCUT2D eigenvalue weighted by Gasteiger charge is 2.07. The molecule has 2 aromatic carbocycles. The highest BCUT2D eigenvalue weighted by Crippen LogP contribution is 2.15. The first-order valence-electron chi connectivity index (χ1n) is 7.80. The van der Waals surface area contributed by atoms with E-state index in [-0.39, 0.29) is 5.91 Å². The molecular weight excluding hydrogens is 316 g/mol. The van der Waals surface area contributed by atoms with Gasteiger partial charge in [0.15, 0.2) is 0 Å². The van der Waals surface area contributed by atoms with Crippen LogP contribution in [-0.4, -0.2) is 23.0 Å². The molecule has 0 spiro atoms. The number of nitrogens with zero attached hydrogens (tertiary/aromatic N) is 2. The topological polar surface area (TPSA) is 76.1 Å². The molecule has 3 aromatic rings. The lowest BCUT2D eigenvalue weighted by Gasteiger charge is -2.08. The maximum atomic E-state index is 12.4. The van der Waals surface area contributed by atoms with Crippen LogP contribution in [0.1, 0.15) is 15.9 Å². The molecule has 126 valence electrons. The molecule has 6 nitrogen and oxygen atoms in total. The lowest BCUT2D eigenvalue weighted by atomic mass is 10.1. The van der Waals surface area contributed by atoms with E-state index >= 15 is 0 Å². The molecule has 1 amide bonds. The van der Waals surface area contributed by atoms with Crippen molar-refractivity contribution in [2.24, 2.45) is 0 Å². The fourth-order valence-electron chi connectivity index (χ4n) is 2.26. The van der Waals surface area contributed by atoms with Gasteiger partial charge in [0.05, 0.1) is 7.11 Å². The molecule has 0 saturated heterocycles. The molecule has 0 aliphatic rings. The van der Waals surface area contributed by atoms with Gasteiger partial charge in [0, 0.05) is 30.2 Å². The average Bonchev–Trinajstić information content (AvgIpc) is 2.67. The summed E-state index contributed by atoms with van der Waals surface area (Å²) >= 11 is 0. The van der Waals surface area contributed by atoms with Gasteiger partial charge in [0.25, 0.3) is 5.91 Å². The minimum atomic E-state index is -0.145. The van der Waals surface area contributed by atoms with Gasteiger partial charge in [-0.1, -0.05) is 18.2 Å². The number of hydrogen-bond donors (Lipinski definition) is 2. The van der Waals surface area contributed by atoms with E-state index in [1.54, 1.807) is 37.7 Å². The van der Waals surface area contributed by atoms with Crippen LogP contribution in [0.15, 0.2) is 67.0 Å². The van der Waals surface area contributed by atoms with E-state index in [4.69, 9.17) is 4.74 Å². The average molecular weight is 334 g/mol. The number of carbonyl (C=O) groups excluding carboxylic acids is 1. The predicted molar refractivity (Wildman–Crippen MR) is 95.9 cm³/mol. The van der Waals surface area contributed by atoms with Gasteiger partial charge >= 0.3 is 0 Å². The molecule has 0 aliphatic carbocycles. The first-order chi connectivity index (χ1) is 12.2. The molecule has 0 fully saturated rings. The number of anilines is 2. The Hall–Kier alpha value is -3.41. The third kappa shape index (κ3) is 4.54. The second-order valence-electron chi connectivity index (χ2n) is 5.31. The summed E-state index contributed by atoms with van der Waals surface area (Å²) in [5.41, 5.74) is 2.32. The molecule has 6 heteroatoms. The van der Waals surface area contributed by atoms with Crippen LogP contribution in [0.25, 0.3) is 0 Å². The van der Waals surface area contributed by atoms with Gasteiger partial charge in [-0.2, -0.15) is 0 Å². The largest absolute Gasteiger partial charge is 0.497 e. The first kappa shape index (κ1) is 16.4. The van der Waals surface area contributed by atoms with Crippen molar-refractivity contribution in [2.75, 3.05) is 12.4 Å². The van der Waals surface area contributed by atoms with E-state index < -0.39 is 0 Å². The minimum absolute atomic E-state index is 0.145. The van der Waals surface area contributed by atoms with Crippen LogP contribution in [0, 0.1) is 0 Å². The number of benzene rings is 2. The normalized spacial score (nSPS) is 10.1. The van der Waals surface area contributed by atoms with Crippen molar-refractivity contribution in [1.82, 2.24) is 15.3 Å². The summed E-state index contributed by atoms with van der Waals surface area (Å²) in [5.74, 6) is 1.13. The summed E-state index contributed by atoms with van der Waals surface area (Å²) in [6.07, 6.45) is 3.31. The molecule has 3 rings (SSSR count). The smallest absolute Gasteiger partial charge is 0.251 e. The molecule has 0 atom stereocenters. The van der Waals surface area contributed by atoms with Crippen LogP contribution in [-0.2, 0) is 6.54 Å². The summed E-state index contributed by atoms with van der Waals surface area (Å²) in [5, 5.41) is 5.97. The van der Waals surface area contributed by atoms with Crippen LogP contribution in [0.5, 0.6) is 5.75 Å². The Morgan fingerprint density at radius 1 is 1.04 bits per heavy atom. The van der Waals surface area contributed by atoms with Gasteiger partial charge in [-0.05, 0) is 42.0 Å². The maximum absolute atomic E-state index is 12.4. The Labute approximate surface area is 145 Å². The van der Waals surface area contributed by atoms with E-state index in [0.29, 0.717) is 18.1 Å². The summed E-state index contributed by atoms with van der Waals surface area (Å²) < 4.78 is 5.12. The zero-order valence-electron chi connectivity index (χ0n) is 13.8. The Kier molecular flexibility index (Phi) is 5.21. The summed E-state index contributed by atoms with van der Waals surface area (Å²) in [6.45, 7) is 0.447. The molecule has 0 bridgehead atoms. The van der Waals surface area contributed by atoms with Crippen molar-refractivity contribution in [1.29, 1.82) is 0 Å². The van der Waals surface area contributed by atoms with Gasteiger partial charge in [0.1, 0.15) is 5.75 Å². The van der Waals surface area contributed by atoms with Crippen molar-refractivity contribution in [3.05, 3.63) is 78.1 Å². The minimum Gasteiger partial charge on any atom is -0.497 e. The zero-order chi connectivity index (χ0) is 17.5. The van der Waals surface area contributed by atoms with Crippen LogP contribution in [0.3, 0.4) is 0 Å². The molecule has 0 unspecified atom stereocenters. The predicted octanol–water partition coefficient (Wildman–Crippen LogP) is 3.16. The van der Waals surface area contributed by atoms with Crippen molar-refractivity contribution < 1.29 is 9.53 Å². The standard InChI is InChI=1S/C19H18N4O2/c1-25-17-8-6-14(7-9-17)13-22-18(24)15-4-2-5-16(12-15)23-19-20-10-3-11-21-19/h2-12H,13H2,1H3,(H,22,24)(H,20,21,23). The van der Waals surface area contributed by atoms with Crippen molar-refractivity contribution in [2.45, 2.75) is 6.54 Å². The number of aromatic nitrogens is 2. The molecule has 1 heterocycles. The van der Waals surface area contributed by atoms with Crippen LogP contribution >= 0.6 is 0 Å². The Bertz CT molecular complexity index is 836. The van der Waals surface area contributed by atoms with E-state index in [1.165, 1.54) is 0 Å². The first-order valence-corrected chi connectivity index (χ1v) is 7.80. The molecule has 25 heavy (non-hydrogen) atoms. The van der Waals surface area contributed by atoms with Crippen LogP contribution in [0.4, 0.5) is 11.6 Å². The molecule has 2 N–H and O–H groups in total. The Morgan fingerprint density at radius 2 is 1.80 bits per heavy atom. The molecular formula is C19H18N4O2. The van der Waals surface area contributed by atoms with Gasteiger partial charge in [-0.3, -0.25) is 4.79 Å². The molecule has 0 aliphatic heterocycles. The van der Waals surface area contributed by atoms with Crippen LogP contribution < -0.4 is 15.4 Å². The second kappa shape index (κ2) is 7.92. The van der Waals surface area contributed by atoms with Crippen molar-refractivity contribution in [3.8, 4) is 5.75 Å². The third-order valence-electron chi connectivity index (χ3n) is 3.56. The number of rotatable bonds is 6. The van der Waals surface area contributed by atoms with Gasteiger partial charge < -0.3 is 15.4 Å². The van der Waals surface area contributed by atoms with Crippen molar-refractivity contribution in [3.63, 3.8) is 0 Å². The highest BCUT2D eigenvalue weighted by atomic mass is 16.5. The van der Waals surface area contributed by atoms with Gasteiger partial charge in [-0.25, -0.2) is 9.97 Å². The van der Waals surface area contributed by atoms with E-state index in [1.807, 2.05) is 36.4 Å². The molecule has 0 radical (unpaired) electrons. The third-order valence-corrected chi connectivity index (χ3v) is 3.56. The molecule has 1 aromatic heterocycles. The zero-order valence-corrected chi connectivity index (χ0v) is 13.8. The number of nitrogens with one attached hydrogen (secondary N) is 2. The number of ether oxygens (including phenoxy) is 1. The monoisotopic (exact) mass is 334 g/mol. The summed E-state index contributed by atoms with van der Waals surface area (Å²) in [4.78, 5) is 20.6. The van der Waals surface area contributed by atoms with E-state index in [9.17, 15) is 4.79 Å². The van der Waals surface area contributed by atoms with Gasteiger partial charge in [-0.15, -0.1) is 0 Å². The SMILES string of the molecule is COc1ccc(CNC(=O)c2cccc(Nc3ncccn3)c2)cc1. The van der Waals surface area contributed by atoms with Crippen molar-refractivity contribution >= 4 is 17.5 Å². The number of amides is 1. The number of methoxy groups -OCH3 is 1. The Balaban J connectivity index is 1.62. The fraction of sp³-hybridized carbons (Fsp3) is 0.105. The maximum Gasteiger partial charge on any atom is 0.251 e. The summed E-state index contributed by atoms with van der Waals surface area (Å²) in [7, 11) is 1.62. The quantitative estimate of drug-likeness (QED) is 0.724. The van der Waals surface area contributed by atoms with Crippen LogP contribution in [0.2, 0.25) is 0 Å².